The molecule has 0 aliphatic rings. The van der Waals surface area contributed by atoms with E-state index in [1.165, 1.54) is 17.7 Å². The summed E-state index contributed by atoms with van der Waals surface area (Å²) in [4.78, 5) is 12.0. The predicted molar refractivity (Wildman–Crippen MR) is 104 cm³/mol. The number of nitrogens with one attached hydrogen (secondary N) is 1. The van der Waals surface area contributed by atoms with Crippen LogP contribution in [0.1, 0.15) is 42.5 Å². The Kier molecular flexibility index (Phi) is 9.18. The fraction of sp³-hybridized carbons (Fsp3) is 0.350. The molecule has 0 radical (unpaired) electrons. The van der Waals surface area contributed by atoms with Crippen molar-refractivity contribution < 1.29 is 18.3 Å². The van der Waals surface area contributed by atoms with Gasteiger partial charge in [-0.25, -0.2) is 0 Å². The van der Waals surface area contributed by atoms with Crippen molar-refractivity contribution in [2.75, 3.05) is 6.54 Å². The van der Waals surface area contributed by atoms with Gasteiger partial charge in [0.25, 0.3) is 0 Å². The zero-order valence-electron chi connectivity index (χ0n) is 15.3. The van der Waals surface area contributed by atoms with Gasteiger partial charge in [-0.15, -0.1) is 12.4 Å². The maximum atomic E-state index is 12.1. The molecule has 0 aromatic heterocycles. The number of hydrogen-bond donors (Lipinski definition) is 2. The zero-order chi connectivity index (χ0) is 19.1. The van der Waals surface area contributed by atoms with E-state index >= 15 is 0 Å². The van der Waals surface area contributed by atoms with E-state index in [0.717, 1.165) is 5.56 Å². The van der Waals surface area contributed by atoms with E-state index in [-0.39, 0.29) is 36.5 Å². The fourth-order valence-corrected chi connectivity index (χ4v) is 2.51. The van der Waals surface area contributed by atoms with Crippen molar-refractivity contribution in [2.24, 2.45) is 5.73 Å². The Morgan fingerprint density at radius 1 is 1.04 bits per heavy atom. The minimum atomic E-state index is -2.86. The van der Waals surface area contributed by atoms with Crippen LogP contribution in [0.15, 0.2) is 48.5 Å². The van der Waals surface area contributed by atoms with Crippen molar-refractivity contribution in [3.05, 3.63) is 65.2 Å². The van der Waals surface area contributed by atoms with Gasteiger partial charge < -0.3 is 15.8 Å². The van der Waals surface area contributed by atoms with E-state index in [0.29, 0.717) is 18.0 Å². The molecule has 1 amide bonds. The Morgan fingerprint density at radius 2 is 1.59 bits per heavy atom. The maximum absolute atomic E-state index is 12.1. The van der Waals surface area contributed by atoms with Crippen LogP contribution in [-0.2, 0) is 11.2 Å². The second-order valence-electron chi connectivity index (χ2n) is 6.43. The highest BCUT2D eigenvalue weighted by Gasteiger charge is 2.10. The van der Waals surface area contributed by atoms with Gasteiger partial charge in [0.15, 0.2) is 0 Å². The number of ether oxygens (including phenoxy) is 1. The van der Waals surface area contributed by atoms with Crippen LogP contribution in [0.25, 0.3) is 0 Å². The van der Waals surface area contributed by atoms with Gasteiger partial charge in [0.05, 0.1) is 6.42 Å². The minimum Gasteiger partial charge on any atom is -0.435 e. The maximum Gasteiger partial charge on any atom is 0.387 e. The van der Waals surface area contributed by atoms with Crippen molar-refractivity contribution in [1.82, 2.24) is 5.32 Å². The Balaban J connectivity index is 0.00000364. The van der Waals surface area contributed by atoms with Crippen molar-refractivity contribution in [1.29, 1.82) is 0 Å². The molecule has 0 heterocycles. The summed E-state index contributed by atoms with van der Waals surface area (Å²) >= 11 is 0. The molecule has 0 aliphatic heterocycles. The van der Waals surface area contributed by atoms with Gasteiger partial charge in [-0.2, -0.15) is 8.78 Å². The van der Waals surface area contributed by atoms with Gasteiger partial charge >= 0.3 is 6.61 Å². The average Bonchev–Trinajstić information content (AvgIpc) is 2.61. The first-order chi connectivity index (χ1) is 12.3. The molecule has 3 N–H and O–H groups in total. The van der Waals surface area contributed by atoms with Crippen LogP contribution in [0.2, 0.25) is 0 Å². The molecule has 27 heavy (non-hydrogen) atoms. The van der Waals surface area contributed by atoms with Crippen LogP contribution in [0.5, 0.6) is 5.75 Å². The fourth-order valence-electron chi connectivity index (χ4n) is 2.51. The topological polar surface area (TPSA) is 64.3 Å². The molecule has 7 heteroatoms. The zero-order valence-corrected chi connectivity index (χ0v) is 16.1. The molecule has 0 bridgehead atoms. The monoisotopic (exact) mass is 398 g/mol. The van der Waals surface area contributed by atoms with Crippen LogP contribution in [0.4, 0.5) is 8.78 Å². The molecule has 0 saturated heterocycles. The molecule has 0 aliphatic carbocycles. The number of amides is 1. The largest absolute Gasteiger partial charge is 0.435 e. The quantitative estimate of drug-likeness (QED) is 0.700. The smallest absolute Gasteiger partial charge is 0.387 e. The highest BCUT2D eigenvalue weighted by Crippen LogP contribution is 2.18. The molecule has 0 spiro atoms. The van der Waals surface area contributed by atoms with Gasteiger partial charge in [-0.1, -0.05) is 50.2 Å². The van der Waals surface area contributed by atoms with Gasteiger partial charge in [-0.3, -0.25) is 4.79 Å². The lowest BCUT2D eigenvalue weighted by atomic mass is 9.99. The lowest BCUT2D eigenvalue weighted by Gasteiger charge is -2.15. The van der Waals surface area contributed by atoms with E-state index in [2.05, 4.69) is 23.9 Å². The number of benzene rings is 2. The van der Waals surface area contributed by atoms with Gasteiger partial charge in [0.1, 0.15) is 5.75 Å². The predicted octanol–water partition coefficient (Wildman–Crippen LogP) is 4.19. The molecular formula is C20H25ClF2N2O2. The second-order valence-corrected chi connectivity index (χ2v) is 6.43. The van der Waals surface area contributed by atoms with E-state index in [1.54, 1.807) is 12.1 Å². The number of halogens is 3. The number of alkyl halides is 2. The third-order valence-corrected chi connectivity index (χ3v) is 4.06. The number of rotatable bonds is 8. The molecule has 1 unspecified atom stereocenters. The molecule has 2 aromatic rings. The first-order valence-corrected chi connectivity index (χ1v) is 8.51. The van der Waals surface area contributed by atoms with Crippen molar-refractivity contribution in [2.45, 2.75) is 38.8 Å². The third-order valence-electron chi connectivity index (χ3n) is 4.06. The van der Waals surface area contributed by atoms with Gasteiger partial charge in [-0.05, 0) is 34.7 Å². The summed E-state index contributed by atoms with van der Waals surface area (Å²) in [5.74, 6) is 0.343. The summed E-state index contributed by atoms with van der Waals surface area (Å²) in [5.41, 5.74) is 9.04. The van der Waals surface area contributed by atoms with Crippen molar-refractivity contribution in [3.63, 3.8) is 0 Å². The SMILES string of the molecule is CC(C)c1ccc(C(N)CNC(=O)Cc2ccc(OC(F)F)cc2)cc1.Cl. The summed E-state index contributed by atoms with van der Waals surface area (Å²) in [7, 11) is 0. The number of carbonyl (C=O) groups excluding carboxylic acids is 1. The van der Waals surface area contributed by atoms with E-state index < -0.39 is 6.61 Å². The summed E-state index contributed by atoms with van der Waals surface area (Å²) in [6.45, 7) is 1.72. The first-order valence-electron chi connectivity index (χ1n) is 8.51. The minimum absolute atomic E-state index is 0. The summed E-state index contributed by atoms with van der Waals surface area (Å²) in [5, 5.41) is 2.80. The Labute approximate surface area is 164 Å². The van der Waals surface area contributed by atoms with Crippen molar-refractivity contribution >= 4 is 18.3 Å². The molecule has 0 saturated carbocycles. The molecule has 0 fully saturated rings. The average molecular weight is 399 g/mol. The standard InChI is InChI=1S/C20H24F2N2O2.ClH/c1-13(2)15-5-7-16(8-6-15)18(23)12-24-19(25)11-14-3-9-17(10-4-14)26-20(21)22;/h3-10,13,18,20H,11-12,23H2,1-2H3,(H,24,25);1H. The first kappa shape index (κ1) is 22.9. The summed E-state index contributed by atoms with van der Waals surface area (Å²) < 4.78 is 28.5. The molecule has 2 aromatic carbocycles. The molecule has 148 valence electrons. The number of carbonyl (C=O) groups is 1. The Bertz CT molecular complexity index is 707. The highest BCUT2D eigenvalue weighted by atomic mass is 35.5. The van der Waals surface area contributed by atoms with Crippen LogP contribution in [0.3, 0.4) is 0 Å². The van der Waals surface area contributed by atoms with E-state index in [9.17, 15) is 13.6 Å². The third kappa shape index (κ3) is 7.53. The second kappa shape index (κ2) is 10.8. The van der Waals surface area contributed by atoms with Crippen LogP contribution in [0, 0.1) is 0 Å². The Morgan fingerprint density at radius 3 is 2.11 bits per heavy atom. The lowest BCUT2D eigenvalue weighted by molar-refractivity contribution is -0.120. The number of hydrogen-bond acceptors (Lipinski definition) is 3. The molecular weight excluding hydrogens is 374 g/mol. The van der Waals surface area contributed by atoms with Gasteiger partial charge in [0, 0.05) is 12.6 Å². The number of nitrogens with two attached hydrogens (primary N) is 1. The molecule has 4 nitrogen and oxygen atoms in total. The van der Waals surface area contributed by atoms with Crippen LogP contribution < -0.4 is 15.8 Å². The van der Waals surface area contributed by atoms with E-state index in [4.69, 9.17) is 5.73 Å². The summed E-state index contributed by atoms with van der Waals surface area (Å²) in [6, 6.07) is 13.8. The van der Waals surface area contributed by atoms with Crippen molar-refractivity contribution in [3.8, 4) is 5.75 Å². The normalized spacial score (nSPS) is 11.8. The van der Waals surface area contributed by atoms with Gasteiger partial charge in [0.2, 0.25) is 5.91 Å². The van der Waals surface area contributed by atoms with E-state index in [1.807, 2.05) is 24.3 Å². The lowest BCUT2D eigenvalue weighted by Crippen LogP contribution is -2.32. The summed E-state index contributed by atoms with van der Waals surface area (Å²) in [6.07, 6.45) is 0.147. The highest BCUT2D eigenvalue weighted by molar-refractivity contribution is 5.85. The molecule has 1 atom stereocenters. The molecule has 2 rings (SSSR count). The Hall–Kier alpha value is -2.18. The van der Waals surface area contributed by atoms with Crippen LogP contribution in [-0.4, -0.2) is 19.1 Å². The van der Waals surface area contributed by atoms with Crippen LogP contribution >= 0.6 is 12.4 Å².